The standard InChI is InChI=1S/C19H24N2O4/c22-18(20-25)9-3-1-2-6-10-21-16-8-5-4-7-14(16)15-11-13(19(23)24)12-17(15)21/h4-5,7-8,13,25H,1-3,6,9-12H2,(H,20,22)(H,23,24). The molecule has 1 unspecified atom stereocenters. The summed E-state index contributed by atoms with van der Waals surface area (Å²) >= 11 is 0. The number of amides is 1. The van der Waals surface area contributed by atoms with Crippen molar-refractivity contribution in [3.05, 3.63) is 35.5 Å². The Hall–Kier alpha value is -2.34. The Morgan fingerprint density at radius 1 is 1.12 bits per heavy atom. The van der Waals surface area contributed by atoms with Gasteiger partial charge in [-0.1, -0.05) is 31.0 Å². The van der Waals surface area contributed by atoms with Crippen LogP contribution in [0.2, 0.25) is 0 Å². The fourth-order valence-electron chi connectivity index (χ4n) is 3.84. The van der Waals surface area contributed by atoms with E-state index < -0.39 is 5.97 Å². The van der Waals surface area contributed by atoms with Gasteiger partial charge in [0.15, 0.2) is 0 Å². The topological polar surface area (TPSA) is 91.6 Å². The number of aryl methyl sites for hydroxylation is 1. The Morgan fingerprint density at radius 3 is 2.64 bits per heavy atom. The van der Waals surface area contributed by atoms with Crippen LogP contribution < -0.4 is 5.48 Å². The van der Waals surface area contributed by atoms with E-state index in [4.69, 9.17) is 5.21 Å². The number of hydrogen-bond donors (Lipinski definition) is 3. The van der Waals surface area contributed by atoms with Crippen LogP contribution in [0.1, 0.15) is 43.4 Å². The number of hydroxylamine groups is 1. The number of hydrogen-bond acceptors (Lipinski definition) is 3. The number of carboxylic acids is 1. The second kappa shape index (κ2) is 7.70. The van der Waals surface area contributed by atoms with E-state index in [9.17, 15) is 14.7 Å². The molecule has 3 N–H and O–H groups in total. The highest BCUT2D eigenvalue weighted by atomic mass is 16.5. The fraction of sp³-hybridized carbons (Fsp3) is 0.474. The molecule has 1 aliphatic rings. The van der Waals surface area contributed by atoms with Crippen LogP contribution in [-0.2, 0) is 29.0 Å². The van der Waals surface area contributed by atoms with Gasteiger partial charge in [-0.15, -0.1) is 0 Å². The first-order chi connectivity index (χ1) is 12.1. The number of aromatic nitrogens is 1. The number of aliphatic carboxylic acids is 1. The summed E-state index contributed by atoms with van der Waals surface area (Å²) in [7, 11) is 0. The summed E-state index contributed by atoms with van der Waals surface area (Å²) in [4.78, 5) is 22.3. The van der Waals surface area contributed by atoms with E-state index in [0.29, 0.717) is 19.3 Å². The summed E-state index contributed by atoms with van der Waals surface area (Å²) in [5.74, 6) is -1.36. The highest BCUT2D eigenvalue weighted by Gasteiger charge is 2.32. The molecule has 0 radical (unpaired) electrons. The molecule has 2 aromatic rings. The number of rotatable bonds is 8. The predicted octanol–water partition coefficient (Wildman–Crippen LogP) is 2.90. The van der Waals surface area contributed by atoms with Crippen molar-refractivity contribution in [2.45, 2.75) is 51.5 Å². The van der Waals surface area contributed by atoms with E-state index in [1.54, 1.807) is 5.48 Å². The van der Waals surface area contributed by atoms with Crippen LogP contribution in [0.15, 0.2) is 24.3 Å². The molecule has 1 aromatic heterocycles. The molecule has 0 saturated carbocycles. The quantitative estimate of drug-likeness (QED) is 0.390. The van der Waals surface area contributed by atoms with Gasteiger partial charge in [0.1, 0.15) is 0 Å². The number of para-hydroxylation sites is 1. The Morgan fingerprint density at radius 2 is 1.88 bits per heavy atom. The van der Waals surface area contributed by atoms with Crippen molar-refractivity contribution in [1.82, 2.24) is 10.0 Å². The minimum Gasteiger partial charge on any atom is -0.481 e. The number of carbonyl (C=O) groups excluding carboxylic acids is 1. The molecular formula is C19H24N2O4. The zero-order valence-corrected chi connectivity index (χ0v) is 14.2. The zero-order valence-electron chi connectivity index (χ0n) is 14.2. The average molecular weight is 344 g/mol. The van der Waals surface area contributed by atoms with E-state index >= 15 is 0 Å². The van der Waals surface area contributed by atoms with Crippen molar-refractivity contribution in [1.29, 1.82) is 0 Å². The molecule has 1 heterocycles. The molecule has 0 bridgehead atoms. The van der Waals surface area contributed by atoms with Gasteiger partial charge in [0, 0.05) is 36.0 Å². The molecule has 6 nitrogen and oxygen atoms in total. The second-order valence-corrected chi connectivity index (χ2v) is 6.74. The first-order valence-electron chi connectivity index (χ1n) is 8.86. The summed E-state index contributed by atoms with van der Waals surface area (Å²) in [5, 5.41) is 19.0. The fourth-order valence-corrected chi connectivity index (χ4v) is 3.84. The van der Waals surface area contributed by atoms with Crippen molar-refractivity contribution in [3.8, 4) is 0 Å². The highest BCUT2D eigenvalue weighted by molar-refractivity contribution is 5.87. The largest absolute Gasteiger partial charge is 0.481 e. The van der Waals surface area contributed by atoms with Gasteiger partial charge < -0.3 is 9.67 Å². The number of nitrogens with zero attached hydrogens (tertiary/aromatic N) is 1. The highest BCUT2D eigenvalue weighted by Crippen LogP contribution is 2.36. The number of nitrogens with one attached hydrogen (secondary N) is 1. The maximum absolute atomic E-state index is 11.4. The third-order valence-electron chi connectivity index (χ3n) is 5.09. The minimum absolute atomic E-state index is 0.308. The Labute approximate surface area is 146 Å². The summed E-state index contributed by atoms with van der Waals surface area (Å²) in [6.07, 6.45) is 5.26. The van der Waals surface area contributed by atoms with E-state index in [0.717, 1.165) is 32.2 Å². The van der Waals surface area contributed by atoms with Gasteiger partial charge in [-0.05, 0) is 30.9 Å². The van der Waals surface area contributed by atoms with Crippen molar-refractivity contribution in [3.63, 3.8) is 0 Å². The molecule has 0 spiro atoms. The second-order valence-electron chi connectivity index (χ2n) is 6.74. The SMILES string of the molecule is O=C(CCCCCCn1c2c(c3ccccc31)CC(C(=O)O)C2)NO. The third kappa shape index (κ3) is 3.69. The molecular weight excluding hydrogens is 320 g/mol. The number of carboxylic acid groups (broad SMARTS) is 1. The van der Waals surface area contributed by atoms with E-state index in [1.165, 1.54) is 22.2 Å². The normalized spacial score (nSPS) is 16.1. The zero-order chi connectivity index (χ0) is 17.8. The first-order valence-corrected chi connectivity index (χ1v) is 8.86. The molecule has 1 aliphatic carbocycles. The molecule has 0 saturated heterocycles. The van der Waals surface area contributed by atoms with Crippen LogP contribution in [0.5, 0.6) is 0 Å². The van der Waals surface area contributed by atoms with Crippen LogP contribution in [0.3, 0.4) is 0 Å². The monoisotopic (exact) mass is 344 g/mol. The maximum atomic E-state index is 11.4. The first kappa shape index (κ1) is 17.5. The van der Waals surface area contributed by atoms with Gasteiger partial charge in [0.25, 0.3) is 0 Å². The van der Waals surface area contributed by atoms with Gasteiger partial charge >= 0.3 is 5.97 Å². The van der Waals surface area contributed by atoms with Crippen molar-refractivity contribution in [2.75, 3.05) is 0 Å². The molecule has 25 heavy (non-hydrogen) atoms. The van der Waals surface area contributed by atoms with Crippen LogP contribution in [0.25, 0.3) is 10.9 Å². The molecule has 0 aliphatic heterocycles. The lowest BCUT2D eigenvalue weighted by atomic mass is 10.1. The predicted molar refractivity (Wildman–Crippen MR) is 93.5 cm³/mol. The van der Waals surface area contributed by atoms with Gasteiger partial charge in [0.2, 0.25) is 5.91 Å². The number of benzene rings is 1. The third-order valence-corrected chi connectivity index (χ3v) is 5.09. The Kier molecular flexibility index (Phi) is 5.38. The summed E-state index contributed by atoms with van der Waals surface area (Å²) in [5.41, 5.74) is 5.21. The van der Waals surface area contributed by atoms with Crippen LogP contribution in [0, 0.1) is 5.92 Å². The smallest absolute Gasteiger partial charge is 0.307 e. The lowest BCUT2D eigenvalue weighted by Gasteiger charge is -2.11. The van der Waals surface area contributed by atoms with Crippen molar-refractivity contribution >= 4 is 22.8 Å². The molecule has 1 aromatic carbocycles. The molecule has 3 rings (SSSR count). The van der Waals surface area contributed by atoms with Crippen LogP contribution >= 0.6 is 0 Å². The number of fused-ring (bicyclic) bond motifs is 3. The van der Waals surface area contributed by atoms with Crippen molar-refractivity contribution in [2.24, 2.45) is 5.92 Å². The summed E-state index contributed by atoms with van der Waals surface area (Å²) < 4.78 is 2.29. The lowest BCUT2D eigenvalue weighted by molar-refractivity contribution is -0.141. The molecule has 1 amide bonds. The van der Waals surface area contributed by atoms with Gasteiger partial charge in [-0.3, -0.25) is 14.8 Å². The summed E-state index contributed by atoms with van der Waals surface area (Å²) in [6.45, 7) is 0.869. The number of unbranched alkanes of at least 4 members (excludes halogenated alkanes) is 3. The maximum Gasteiger partial charge on any atom is 0.307 e. The van der Waals surface area contributed by atoms with Crippen LogP contribution in [0.4, 0.5) is 0 Å². The van der Waals surface area contributed by atoms with E-state index in [2.05, 4.69) is 16.7 Å². The Bertz CT molecular complexity index is 781. The molecule has 1 atom stereocenters. The van der Waals surface area contributed by atoms with Crippen LogP contribution in [-0.4, -0.2) is 26.8 Å². The molecule has 6 heteroatoms. The van der Waals surface area contributed by atoms with E-state index in [-0.39, 0.29) is 11.8 Å². The van der Waals surface area contributed by atoms with Crippen molar-refractivity contribution < 1.29 is 19.9 Å². The summed E-state index contributed by atoms with van der Waals surface area (Å²) in [6, 6.07) is 8.22. The molecule has 134 valence electrons. The molecule has 0 fully saturated rings. The average Bonchev–Trinajstić information content (AvgIpc) is 3.16. The lowest BCUT2D eigenvalue weighted by Crippen LogP contribution is -2.17. The van der Waals surface area contributed by atoms with Gasteiger partial charge in [-0.25, -0.2) is 5.48 Å². The Balaban J connectivity index is 1.65. The minimum atomic E-state index is -0.714. The van der Waals surface area contributed by atoms with Gasteiger partial charge in [-0.2, -0.15) is 0 Å². The number of carbonyl (C=O) groups is 2. The van der Waals surface area contributed by atoms with E-state index in [1.807, 2.05) is 12.1 Å². The van der Waals surface area contributed by atoms with Gasteiger partial charge in [0.05, 0.1) is 5.92 Å².